The van der Waals surface area contributed by atoms with Crippen molar-refractivity contribution in [2.75, 3.05) is 0 Å². The van der Waals surface area contributed by atoms with Crippen molar-refractivity contribution < 1.29 is 0 Å². The van der Waals surface area contributed by atoms with E-state index < -0.39 is 0 Å². The van der Waals surface area contributed by atoms with Crippen molar-refractivity contribution in [2.45, 2.75) is 25.7 Å². The van der Waals surface area contributed by atoms with E-state index in [1.54, 1.807) is 16.7 Å². The van der Waals surface area contributed by atoms with Crippen LogP contribution in [0, 0.1) is 6.92 Å². The highest BCUT2D eigenvalue weighted by Crippen LogP contribution is 2.40. The van der Waals surface area contributed by atoms with Gasteiger partial charge in [0.1, 0.15) is 0 Å². The minimum atomic E-state index is 1.07. The lowest BCUT2D eigenvalue weighted by Gasteiger charge is -2.29. The Morgan fingerprint density at radius 3 is 2.63 bits per heavy atom. The van der Waals surface area contributed by atoms with Gasteiger partial charge in [-0.2, -0.15) is 0 Å². The molecule has 1 aromatic rings. The summed E-state index contributed by atoms with van der Waals surface area (Å²) < 4.78 is 0. The third kappa shape index (κ3) is 1.67. The summed E-state index contributed by atoms with van der Waals surface area (Å²) in [4.78, 5) is 0. The van der Waals surface area contributed by atoms with Crippen LogP contribution in [-0.4, -0.2) is 0 Å². The van der Waals surface area contributed by atoms with Crippen molar-refractivity contribution in [3.05, 3.63) is 76.1 Å². The first-order valence-corrected chi connectivity index (χ1v) is 7.07. The van der Waals surface area contributed by atoms with E-state index in [1.165, 1.54) is 34.4 Å². The summed E-state index contributed by atoms with van der Waals surface area (Å²) >= 11 is 0. The Balaban J connectivity index is 2.00. The maximum Gasteiger partial charge on any atom is -0.00823 e. The van der Waals surface area contributed by atoms with Crippen LogP contribution in [0.3, 0.4) is 0 Å². The third-order valence-electron chi connectivity index (χ3n) is 4.50. The third-order valence-corrected chi connectivity index (χ3v) is 4.50. The molecule has 0 unspecified atom stereocenters. The lowest BCUT2D eigenvalue weighted by Crippen LogP contribution is -2.31. The standard InChI is InChI=1S/C19H17/c1-13-6-9-17-15(12-13)8-11-18-16-5-3-2-4-14(16)7-10-19(17)18/h2-7,12H,1,8-11H2. The molecule has 3 aliphatic carbocycles. The molecule has 4 rings (SSSR count). The van der Waals surface area contributed by atoms with E-state index in [2.05, 4.69) is 49.4 Å². The summed E-state index contributed by atoms with van der Waals surface area (Å²) in [6.07, 6.45) is 11.4. The van der Waals surface area contributed by atoms with Crippen LogP contribution in [0.25, 0.3) is 11.6 Å². The van der Waals surface area contributed by atoms with E-state index in [0.717, 1.165) is 12.8 Å². The molecule has 0 bridgehead atoms. The van der Waals surface area contributed by atoms with Crippen molar-refractivity contribution in [2.24, 2.45) is 0 Å². The average molecular weight is 245 g/mol. The van der Waals surface area contributed by atoms with Crippen LogP contribution in [0.15, 0.2) is 58.7 Å². The van der Waals surface area contributed by atoms with Crippen LogP contribution in [0.4, 0.5) is 0 Å². The Kier molecular flexibility index (Phi) is 2.38. The second kappa shape index (κ2) is 4.09. The highest BCUT2D eigenvalue weighted by atomic mass is 14.3. The molecule has 0 amide bonds. The maximum absolute atomic E-state index is 4.08. The van der Waals surface area contributed by atoms with E-state index in [1.807, 2.05) is 0 Å². The quantitative estimate of drug-likeness (QED) is 0.658. The fourth-order valence-corrected chi connectivity index (χ4v) is 3.57. The van der Waals surface area contributed by atoms with E-state index in [-0.39, 0.29) is 0 Å². The molecule has 0 fully saturated rings. The lowest BCUT2D eigenvalue weighted by atomic mass is 9.76. The summed E-state index contributed by atoms with van der Waals surface area (Å²) in [5.74, 6) is 0. The van der Waals surface area contributed by atoms with Gasteiger partial charge in [0.05, 0.1) is 0 Å². The molecule has 0 aliphatic heterocycles. The second-order valence-electron chi connectivity index (χ2n) is 5.58. The zero-order valence-corrected chi connectivity index (χ0v) is 11.1. The van der Waals surface area contributed by atoms with E-state index in [0.29, 0.717) is 0 Å². The number of allylic oxidation sites excluding steroid dienone is 6. The molecule has 0 saturated carbocycles. The summed E-state index contributed by atoms with van der Waals surface area (Å²) in [5, 5.41) is 2.87. The molecular formula is C19H17. The van der Waals surface area contributed by atoms with Crippen molar-refractivity contribution >= 4 is 11.6 Å². The Morgan fingerprint density at radius 1 is 0.842 bits per heavy atom. The fourth-order valence-electron chi connectivity index (χ4n) is 3.57. The second-order valence-corrected chi connectivity index (χ2v) is 5.58. The van der Waals surface area contributed by atoms with Gasteiger partial charge in [0.2, 0.25) is 0 Å². The van der Waals surface area contributed by atoms with Crippen molar-refractivity contribution in [1.82, 2.24) is 0 Å². The molecular weight excluding hydrogens is 228 g/mol. The van der Waals surface area contributed by atoms with Crippen LogP contribution in [0.2, 0.25) is 0 Å². The minimum Gasteiger partial charge on any atom is -0.0769 e. The number of rotatable bonds is 0. The smallest absolute Gasteiger partial charge is 0.00823 e. The topological polar surface area (TPSA) is 0 Å². The Labute approximate surface area is 114 Å². The predicted octanol–water partition coefficient (Wildman–Crippen LogP) is 3.20. The summed E-state index contributed by atoms with van der Waals surface area (Å²) in [5.41, 5.74) is 7.45. The SMILES string of the molecule is [CH2]C1=CCC2=C3CC=c4ccccc4=C3CCC2=C1. The van der Waals surface area contributed by atoms with E-state index in [4.69, 9.17) is 0 Å². The van der Waals surface area contributed by atoms with Gasteiger partial charge in [-0.1, -0.05) is 48.1 Å². The molecule has 93 valence electrons. The Morgan fingerprint density at radius 2 is 1.68 bits per heavy atom. The number of benzene rings is 1. The molecule has 19 heavy (non-hydrogen) atoms. The minimum absolute atomic E-state index is 1.07. The van der Waals surface area contributed by atoms with Crippen molar-refractivity contribution in [1.29, 1.82) is 0 Å². The van der Waals surface area contributed by atoms with Gasteiger partial charge in [0.15, 0.2) is 0 Å². The first-order valence-electron chi connectivity index (χ1n) is 7.07. The van der Waals surface area contributed by atoms with Crippen LogP contribution in [-0.2, 0) is 0 Å². The lowest BCUT2D eigenvalue weighted by molar-refractivity contribution is 0.903. The molecule has 0 heteroatoms. The molecule has 0 nitrogen and oxygen atoms in total. The fraction of sp³-hybridized carbons (Fsp3) is 0.211. The van der Waals surface area contributed by atoms with Gasteiger partial charge in [0, 0.05) is 0 Å². The van der Waals surface area contributed by atoms with Crippen LogP contribution in [0.1, 0.15) is 25.7 Å². The van der Waals surface area contributed by atoms with Crippen molar-refractivity contribution in [3.8, 4) is 0 Å². The molecule has 3 aliphatic rings. The van der Waals surface area contributed by atoms with Crippen molar-refractivity contribution in [3.63, 3.8) is 0 Å². The van der Waals surface area contributed by atoms with Crippen LogP contribution in [0.5, 0.6) is 0 Å². The van der Waals surface area contributed by atoms with Gasteiger partial charge in [-0.05, 0) is 65.3 Å². The van der Waals surface area contributed by atoms with Gasteiger partial charge in [-0.3, -0.25) is 0 Å². The number of fused-ring (bicyclic) bond motifs is 3. The Bertz CT molecular complexity index is 767. The first-order chi connectivity index (χ1) is 9.33. The number of hydrogen-bond donors (Lipinski definition) is 0. The normalized spacial score (nSPS) is 20.8. The van der Waals surface area contributed by atoms with Crippen LogP contribution >= 0.6 is 0 Å². The summed E-state index contributed by atoms with van der Waals surface area (Å²) in [6.45, 7) is 4.08. The molecule has 0 heterocycles. The molecule has 0 saturated heterocycles. The Hall–Kier alpha value is -1.82. The van der Waals surface area contributed by atoms with Gasteiger partial charge < -0.3 is 0 Å². The van der Waals surface area contributed by atoms with Gasteiger partial charge in [-0.25, -0.2) is 0 Å². The highest BCUT2D eigenvalue weighted by molar-refractivity contribution is 5.75. The van der Waals surface area contributed by atoms with Gasteiger partial charge in [-0.15, -0.1) is 0 Å². The molecule has 0 aromatic heterocycles. The van der Waals surface area contributed by atoms with Gasteiger partial charge >= 0.3 is 0 Å². The molecule has 0 atom stereocenters. The average Bonchev–Trinajstić information content (AvgIpc) is 2.46. The summed E-state index contributed by atoms with van der Waals surface area (Å²) in [7, 11) is 0. The van der Waals surface area contributed by atoms with E-state index >= 15 is 0 Å². The molecule has 1 radical (unpaired) electrons. The van der Waals surface area contributed by atoms with Crippen LogP contribution < -0.4 is 10.4 Å². The maximum atomic E-state index is 4.08. The highest BCUT2D eigenvalue weighted by Gasteiger charge is 2.23. The largest absolute Gasteiger partial charge is 0.0769 e. The zero-order valence-electron chi connectivity index (χ0n) is 11.1. The van der Waals surface area contributed by atoms with Gasteiger partial charge in [0.25, 0.3) is 0 Å². The molecule has 1 aromatic carbocycles. The summed E-state index contributed by atoms with van der Waals surface area (Å²) in [6, 6.07) is 8.82. The van der Waals surface area contributed by atoms with E-state index in [9.17, 15) is 0 Å². The molecule has 0 N–H and O–H groups in total. The predicted molar refractivity (Wildman–Crippen MR) is 80.6 cm³/mol. The first kappa shape index (κ1) is 11.0. The zero-order chi connectivity index (χ0) is 12.8. The number of hydrogen-bond acceptors (Lipinski definition) is 0. The molecule has 0 spiro atoms. The monoisotopic (exact) mass is 245 g/mol.